The van der Waals surface area contributed by atoms with Crippen molar-refractivity contribution in [1.82, 2.24) is 0 Å². The molecule has 0 radical (unpaired) electrons. The Morgan fingerprint density at radius 2 is 2.23 bits per heavy atom. The van der Waals surface area contributed by atoms with E-state index in [0.29, 0.717) is 10.7 Å². The number of hydrogen-bond acceptors (Lipinski definition) is 3. The van der Waals surface area contributed by atoms with Gasteiger partial charge in [0, 0.05) is 0 Å². The zero-order valence-electron chi connectivity index (χ0n) is 6.57. The fraction of sp³-hybridized carbons (Fsp3) is 0. The van der Waals surface area contributed by atoms with E-state index in [1.807, 2.05) is 0 Å². The number of carbonyl (C=O) groups is 1. The van der Waals surface area contributed by atoms with Gasteiger partial charge in [0.1, 0.15) is 6.21 Å². The first-order valence-electron chi connectivity index (χ1n) is 3.46. The van der Waals surface area contributed by atoms with Gasteiger partial charge in [-0.05, 0) is 12.1 Å². The average molecular weight is 199 g/mol. The van der Waals surface area contributed by atoms with Gasteiger partial charge >= 0.3 is 5.97 Å². The molecule has 1 rings (SSSR count). The molecule has 13 heavy (non-hydrogen) atoms. The van der Waals surface area contributed by atoms with Crippen molar-refractivity contribution in [3.63, 3.8) is 0 Å². The van der Waals surface area contributed by atoms with Gasteiger partial charge in [-0.25, -0.2) is 4.79 Å². The van der Waals surface area contributed by atoms with Crippen LogP contribution in [0.2, 0.25) is 5.02 Å². The summed E-state index contributed by atoms with van der Waals surface area (Å²) in [6, 6.07) is 6.92. The van der Waals surface area contributed by atoms with E-state index in [0.717, 1.165) is 6.21 Å². The molecule has 0 bridgehead atoms. The third kappa shape index (κ3) is 3.13. The monoisotopic (exact) mass is 198 g/mol. The maximum atomic E-state index is 10.1. The average Bonchev–Trinajstić information content (AvgIpc) is 2.08. The molecule has 0 unspecified atom stereocenters. The molecule has 0 aliphatic rings. The lowest BCUT2D eigenvalue weighted by atomic mass is 10.3. The van der Waals surface area contributed by atoms with Crippen molar-refractivity contribution in [3.05, 3.63) is 29.3 Å². The minimum Gasteiger partial charge on any atom is -0.477 e. The second-order valence-electron chi connectivity index (χ2n) is 2.19. The van der Waals surface area contributed by atoms with Crippen LogP contribution >= 0.6 is 11.6 Å². The number of rotatable bonds is 3. The Kier molecular flexibility index (Phi) is 3.28. The van der Waals surface area contributed by atoms with Crippen LogP contribution in [0.3, 0.4) is 0 Å². The molecule has 0 fully saturated rings. The van der Waals surface area contributed by atoms with Gasteiger partial charge in [0.15, 0.2) is 0 Å². The number of halogens is 1. The van der Waals surface area contributed by atoms with Crippen LogP contribution in [0.25, 0.3) is 0 Å². The summed E-state index contributed by atoms with van der Waals surface area (Å²) in [5.74, 6) is -1.11. The molecule has 0 aliphatic carbocycles. The summed E-state index contributed by atoms with van der Waals surface area (Å²) in [7, 11) is 0. The zero-order chi connectivity index (χ0) is 9.68. The lowest BCUT2D eigenvalue weighted by molar-refractivity contribution is -0.128. The number of aliphatic carboxylic acids is 1. The lowest BCUT2D eigenvalue weighted by Crippen LogP contribution is -1.98. The third-order valence-electron chi connectivity index (χ3n) is 1.23. The number of carboxylic acid groups (broad SMARTS) is 1. The van der Waals surface area contributed by atoms with E-state index in [2.05, 4.69) is 10.5 Å². The number of para-hydroxylation sites is 1. The predicted octanol–water partition coefficient (Wildman–Crippen LogP) is 1.82. The lowest BCUT2D eigenvalue weighted by Gasteiger charge is -2.00. The first kappa shape index (κ1) is 9.54. The van der Waals surface area contributed by atoms with Crippen LogP contribution in [0.5, 0.6) is 0 Å². The molecular weight excluding hydrogens is 192 g/mol. The zero-order valence-corrected chi connectivity index (χ0v) is 7.32. The maximum absolute atomic E-state index is 10.1. The number of nitrogens with one attached hydrogen (secondary N) is 1. The summed E-state index contributed by atoms with van der Waals surface area (Å²) in [5.41, 5.74) is 3.07. The molecular formula is C8H7ClN2O2. The molecule has 0 spiro atoms. The second kappa shape index (κ2) is 4.47. The molecule has 68 valence electrons. The van der Waals surface area contributed by atoms with E-state index >= 15 is 0 Å². The van der Waals surface area contributed by atoms with Crippen molar-refractivity contribution in [2.75, 3.05) is 5.43 Å². The van der Waals surface area contributed by atoms with Gasteiger partial charge in [0.2, 0.25) is 0 Å². The third-order valence-corrected chi connectivity index (χ3v) is 1.56. The highest BCUT2D eigenvalue weighted by Crippen LogP contribution is 2.19. The number of benzene rings is 1. The van der Waals surface area contributed by atoms with E-state index in [1.165, 1.54) is 0 Å². The topological polar surface area (TPSA) is 61.7 Å². The first-order chi connectivity index (χ1) is 6.20. The molecule has 0 heterocycles. The van der Waals surface area contributed by atoms with Crippen LogP contribution < -0.4 is 5.43 Å². The van der Waals surface area contributed by atoms with E-state index in [9.17, 15) is 4.79 Å². The molecule has 0 aliphatic heterocycles. The highest BCUT2D eigenvalue weighted by atomic mass is 35.5. The quantitative estimate of drug-likeness (QED) is 0.575. The van der Waals surface area contributed by atoms with Gasteiger partial charge < -0.3 is 5.11 Å². The van der Waals surface area contributed by atoms with Gasteiger partial charge in [-0.15, -0.1) is 0 Å². The highest BCUT2D eigenvalue weighted by molar-refractivity contribution is 6.33. The van der Waals surface area contributed by atoms with Gasteiger partial charge in [0.05, 0.1) is 10.7 Å². The van der Waals surface area contributed by atoms with Crippen molar-refractivity contribution in [1.29, 1.82) is 0 Å². The van der Waals surface area contributed by atoms with E-state index in [4.69, 9.17) is 16.7 Å². The fourth-order valence-corrected chi connectivity index (χ4v) is 0.887. The van der Waals surface area contributed by atoms with Crippen LogP contribution in [-0.4, -0.2) is 17.3 Å². The summed E-state index contributed by atoms with van der Waals surface area (Å²) in [5, 5.41) is 12.2. The van der Waals surface area contributed by atoms with Crippen LogP contribution in [0.4, 0.5) is 5.69 Å². The summed E-state index contributed by atoms with van der Waals surface area (Å²) in [6.07, 6.45) is 0.753. The molecule has 0 amide bonds. The summed E-state index contributed by atoms with van der Waals surface area (Å²) in [6.45, 7) is 0. The van der Waals surface area contributed by atoms with E-state index in [1.54, 1.807) is 24.3 Å². The van der Waals surface area contributed by atoms with Crippen LogP contribution in [0, 0.1) is 0 Å². The highest BCUT2D eigenvalue weighted by Gasteiger charge is 1.95. The number of hydrazone groups is 1. The van der Waals surface area contributed by atoms with Crippen molar-refractivity contribution in [2.45, 2.75) is 0 Å². The number of nitrogens with zero attached hydrogens (tertiary/aromatic N) is 1. The minimum absolute atomic E-state index is 0.491. The van der Waals surface area contributed by atoms with Gasteiger partial charge in [-0.2, -0.15) is 5.10 Å². The van der Waals surface area contributed by atoms with Crippen molar-refractivity contribution in [2.24, 2.45) is 5.10 Å². The smallest absolute Gasteiger partial charge is 0.348 e. The van der Waals surface area contributed by atoms with E-state index in [-0.39, 0.29) is 0 Å². The molecule has 0 aromatic heterocycles. The number of hydrogen-bond donors (Lipinski definition) is 2. The molecule has 1 aromatic carbocycles. The number of anilines is 1. The molecule has 5 heteroatoms. The van der Waals surface area contributed by atoms with Crippen LogP contribution in [-0.2, 0) is 4.79 Å². The SMILES string of the molecule is O=C(O)/C=N/Nc1ccccc1Cl. The maximum Gasteiger partial charge on any atom is 0.348 e. The Labute approximate surface area is 79.8 Å². The van der Waals surface area contributed by atoms with Crippen molar-refractivity contribution < 1.29 is 9.90 Å². The second-order valence-corrected chi connectivity index (χ2v) is 2.60. The predicted molar refractivity (Wildman–Crippen MR) is 51.2 cm³/mol. The molecule has 1 aromatic rings. The fourth-order valence-electron chi connectivity index (χ4n) is 0.709. The minimum atomic E-state index is -1.11. The molecule has 0 saturated heterocycles. The molecule has 0 saturated carbocycles. The normalized spacial score (nSPS) is 10.2. The van der Waals surface area contributed by atoms with Crippen molar-refractivity contribution >= 4 is 29.5 Å². The Balaban J connectivity index is 2.64. The Morgan fingerprint density at radius 3 is 2.85 bits per heavy atom. The largest absolute Gasteiger partial charge is 0.477 e. The van der Waals surface area contributed by atoms with Crippen LogP contribution in [0.15, 0.2) is 29.4 Å². The van der Waals surface area contributed by atoms with Crippen molar-refractivity contribution in [3.8, 4) is 0 Å². The molecule has 2 N–H and O–H groups in total. The number of carboxylic acids is 1. The van der Waals surface area contributed by atoms with Gasteiger partial charge in [-0.3, -0.25) is 5.43 Å². The standard InChI is InChI=1S/C8H7ClN2O2/c9-6-3-1-2-4-7(6)11-10-5-8(12)13/h1-5,11H,(H,12,13)/b10-5+. The van der Waals surface area contributed by atoms with Crippen LogP contribution in [0.1, 0.15) is 0 Å². The summed E-state index contributed by atoms with van der Waals surface area (Å²) in [4.78, 5) is 10.1. The van der Waals surface area contributed by atoms with Gasteiger partial charge in [0.25, 0.3) is 0 Å². The molecule has 4 nitrogen and oxygen atoms in total. The summed E-state index contributed by atoms with van der Waals surface area (Å²) >= 11 is 5.76. The Bertz CT molecular complexity index is 339. The summed E-state index contributed by atoms with van der Waals surface area (Å²) < 4.78 is 0. The molecule has 0 atom stereocenters. The first-order valence-corrected chi connectivity index (χ1v) is 3.84. The Hall–Kier alpha value is -1.55. The Morgan fingerprint density at radius 1 is 1.54 bits per heavy atom. The van der Waals surface area contributed by atoms with E-state index < -0.39 is 5.97 Å². The van der Waals surface area contributed by atoms with Gasteiger partial charge in [-0.1, -0.05) is 23.7 Å².